The molecule has 0 spiro atoms. The summed E-state index contributed by atoms with van der Waals surface area (Å²) in [5.74, 6) is -0.346. The first-order chi connectivity index (χ1) is 8.56. The summed E-state index contributed by atoms with van der Waals surface area (Å²) < 4.78 is 10.3. The van der Waals surface area contributed by atoms with Gasteiger partial charge in [0.1, 0.15) is 0 Å². The normalized spacial score (nSPS) is 12.5. The standard InChI is InChI=1S/C14H21NO3/c1-10(2)18-13(14(16)17-3)8-11-5-4-6-12(7-11)9-15/h4-7,10,13H,8-9,15H2,1-3H3/t13-/m0/s1. The molecule has 0 fully saturated rings. The van der Waals surface area contributed by atoms with Crippen LogP contribution < -0.4 is 5.73 Å². The molecule has 0 aliphatic heterocycles. The van der Waals surface area contributed by atoms with E-state index in [9.17, 15) is 4.79 Å². The van der Waals surface area contributed by atoms with Crippen LogP contribution in [0.25, 0.3) is 0 Å². The lowest BCUT2D eigenvalue weighted by Gasteiger charge is -2.18. The minimum absolute atomic E-state index is 0.0215. The molecule has 0 unspecified atom stereocenters. The van der Waals surface area contributed by atoms with Crippen LogP contribution in [0, 0.1) is 0 Å². The number of benzene rings is 1. The van der Waals surface area contributed by atoms with Gasteiger partial charge in [-0.1, -0.05) is 24.3 Å². The Labute approximate surface area is 108 Å². The first-order valence-electron chi connectivity index (χ1n) is 6.08. The van der Waals surface area contributed by atoms with Crippen molar-refractivity contribution in [3.8, 4) is 0 Å². The van der Waals surface area contributed by atoms with E-state index in [0.29, 0.717) is 13.0 Å². The van der Waals surface area contributed by atoms with Crippen LogP contribution in [0.2, 0.25) is 0 Å². The van der Waals surface area contributed by atoms with Crippen molar-refractivity contribution < 1.29 is 14.3 Å². The maximum absolute atomic E-state index is 11.6. The third-order valence-corrected chi connectivity index (χ3v) is 2.55. The van der Waals surface area contributed by atoms with Crippen molar-refractivity contribution >= 4 is 5.97 Å². The van der Waals surface area contributed by atoms with Gasteiger partial charge in [0.25, 0.3) is 0 Å². The SMILES string of the molecule is COC(=O)[C@H](Cc1cccc(CN)c1)OC(C)C. The number of esters is 1. The molecule has 18 heavy (non-hydrogen) atoms. The van der Waals surface area contributed by atoms with E-state index in [0.717, 1.165) is 11.1 Å². The van der Waals surface area contributed by atoms with Gasteiger partial charge >= 0.3 is 5.97 Å². The molecule has 0 bridgehead atoms. The molecule has 1 aromatic rings. The van der Waals surface area contributed by atoms with Crippen LogP contribution in [-0.4, -0.2) is 25.3 Å². The smallest absolute Gasteiger partial charge is 0.335 e. The van der Waals surface area contributed by atoms with Crippen LogP contribution in [0.1, 0.15) is 25.0 Å². The van der Waals surface area contributed by atoms with Gasteiger partial charge in [-0.2, -0.15) is 0 Å². The average Bonchev–Trinajstić information content (AvgIpc) is 2.36. The zero-order chi connectivity index (χ0) is 13.5. The van der Waals surface area contributed by atoms with Crippen molar-refractivity contribution in [2.45, 2.75) is 39.0 Å². The van der Waals surface area contributed by atoms with Crippen molar-refractivity contribution in [2.75, 3.05) is 7.11 Å². The second kappa shape index (κ2) is 7.13. The van der Waals surface area contributed by atoms with Gasteiger partial charge in [-0.25, -0.2) is 4.79 Å². The first kappa shape index (κ1) is 14.7. The Balaban J connectivity index is 2.78. The Hall–Kier alpha value is -1.39. The number of hydrogen-bond acceptors (Lipinski definition) is 4. The Morgan fingerprint density at radius 3 is 2.56 bits per heavy atom. The van der Waals surface area contributed by atoms with Crippen LogP contribution >= 0.6 is 0 Å². The minimum Gasteiger partial charge on any atom is -0.467 e. The van der Waals surface area contributed by atoms with Crippen molar-refractivity contribution in [3.05, 3.63) is 35.4 Å². The largest absolute Gasteiger partial charge is 0.467 e. The molecule has 0 radical (unpaired) electrons. The van der Waals surface area contributed by atoms with E-state index >= 15 is 0 Å². The summed E-state index contributed by atoms with van der Waals surface area (Å²) in [6, 6.07) is 7.83. The highest BCUT2D eigenvalue weighted by Crippen LogP contribution is 2.12. The first-order valence-corrected chi connectivity index (χ1v) is 6.08. The number of hydrogen-bond donors (Lipinski definition) is 1. The molecule has 0 saturated carbocycles. The van der Waals surface area contributed by atoms with Gasteiger partial charge in [0.15, 0.2) is 6.10 Å². The molecule has 100 valence electrons. The Morgan fingerprint density at radius 1 is 1.33 bits per heavy atom. The fourth-order valence-electron chi connectivity index (χ4n) is 1.74. The molecule has 1 rings (SSSR count). The molecule has 2 N–H and O–H groups in total. The zero-order valence-corrected chi connectivity index (χ0v) is 11.2. The highest BCUT2D eigenvalue weighted by Gasteiger charge is 2.21. The van der Waals surface area contributed by atoms with E-state index in [1.165, 1.54) is 7.11 Å². The van der Waals surface area contributed by atoms with Crippen molar-refractivity contribution in [1.29, 1.82) is 0 Å². The minimum atomic E-state index is -0.567. The summed E-state index contributed by atoms with van der Waals surface area (Å²) >= 11 is 0. The summed E-state index contributed by atoms with van der Waals surface area (Å²) in [5.41, 5.74) is 7.66. The average molecular weight is 251 g/mol. The lowest BCUT2D eigenvalue weighted by molar-refractivity contribution is -0.156. The quantitative estimate of drug-likeness (QED) is 0.781. The predicted molar refractivity (Wildman–Crippen MR) is 70.1 cm³/mol. The van der Waals surface area contributed by atoms with Gasteiger partial charge in [-0.05, 0) is 25.0 Å². The Morgan fingerprint density at radius 2 is 2.00 bits per heavy atom. The molecule has 0 aliphatic carbocycles. The highest BCUT2D eigenvalue weighted by molar-refractivity contribution is 5.75. The molecule has 1 atom stereocenters. The molecule has 0 saturated heterocycles. The van der Waals surface area contributed by atoms with E-state index in [1.807, 2.05) is 38.1 Å². The van der Waals surface area contributed by atoms with Gasteiger partial charge < -0.3 is 15.2 Å². The van der Waals surface area contributed by atoms with E-state index < -0.39 is 6.10 Å². The lowest BCUT2D eigenvalue weighted by atomic mass is 10.0. The van der Waals surface area contributed by atoms with E-state index in [1.54, 1.807) is 0 Å². The summed E-state index contributed by atoms with van der Waals surface area (Å²) in [7, 11) is 1.37. The monoisotopic (exact) mass is 251 g/mol. The van der Waals surface area contributed by atoms with Crippen LogP contribution in [0.4, 0.5) is 0 Å². The van der Waals surface area contributed by atoms with E-state index in [-0.39, 0.29) is 12.1 Å². The summed E-state index contributed by atoms with van der Waals surface area (Å²) in [4.78, 5) is 11.6. The van der Waals surface area contributed by atoms with Gasteiger partial charge in [0, 0.05) is 13.0 Å². The number of nitrogens with two attached hydrogens (primary N) is 1. The molecule has 0 aliphatic rings. The van der Waals surface area contributed by atoms with Gasteiger partial charge in [0.2, 0.25) is 0 Å². The van der Waals surface area contributed by atoms with E-state index in [2.05, 4.69) is 0 Å². The third-order valence-electron chi connectivity index (χ3n) is 2.55. The van der Waals surface area contributed by atoms with Gasteiger partial charge in [0.05, 0.1) is 13.2 Å². The number of methoxy groups -OCH3 is 1. The second-order valence-electron chi connectivity index (χ2n) is 4.42. The van der Waals surface area contributed by atoms with Crippen molar-refractivity contribution in [3.63, 3.8) is 0 Å². The number of ether oxygens (including phenoxy) is 2. The lowest BCUT2D eigenvalue weighted by Crippen LogP contribution is -2.30. The third kappa shape index (κ3) is 4.47. The molecular weight excluding hydrogens is 230 g/mol. The molecular formula is C14H21NO3. The Kier molecular flexibility index (Phi) is 5.82. The maximum Gasteiger partial charge on any atom is 0.335 e. The summed E-state index contributed by atoms with van der Waals surface area (Å²) in [6.45, 7) is 4.28. The van der Waals surface area contributed by atoms with Crippen molar-refractivity contribution in [1.82, 2.24) is 0 Å². The Bertz CT molecular complexity index is 390. The fourth-order valence-corrected chi connectivity index (χ4v) is 1.74. The van der Waals surface area contributed by atoms with Gasteiger partial charge in [-0.15, -0.1) is 0 Å². The topological polar surface area (TPSA) is 61.5 Å². The fraction of sp³-hybridized carbons (Fsp3) is 0.500. The summed E-state index contributed by atoms with van der Waals surface area (Å²) in [5, 5.41) is 0. The van der Waals surface area contributed by atoms with Crippen LogP contribution in [-0.2, 0) is 27.2 Å². The molecule has 0 amide bonds. The van der Waals surface area contributed by atoms with Crippen LogP contribution in [0.3, 0.4) is 0 Å². The molecule has 4 nitrogen and oxygen atoms in total. The molecule has 0 aromatic heterocycles. The zero-order valence-electron chi connectivity index (χ0n) is 11.2. The second-order valence-corrected chi connectivity index (χ2v) is 4.42. The number of carbonyl (C=O) groups excluding carboxylic acids is 1. The molecule has 0 heterocycles. The molecule has 4 heteroatoms. The predicted octanol–water partition coefficient (Wildman–Crippen LogP) is 1.65. The molecule has 1 aromatic carbocycles. The van der Waals surface area contributed by atoms with Crippen LogP contribution in [0.5, 0.6) is 0 Å². The highest BCUT2D eigenvalue weighted by atomic mass is 16.6. The van der Waals surface area contributed by atoms with Gasteiger partial charge in [-0.3, -0.25) is 0 Å². The maximum atomic E-state index is 11.6. The summed E-state index contributed by atoms with van der Waals surface area (Å²) in [6.07, 6.45) is -0.0894. The van der Waals surface area contributed by atoms with E-state index in [4.69, 9.17) is 15.2 Å². The van der Waals surface area contributed by atoms with Crippen LogP contribution in [0.15, 0.2) is 24.3 Å². The number of rotatable bonds is 6. The number of carbonyl (C=O) groups is 1. The van der Waals surface area contributed by atoms with Crippen molar-refractivity contribution in [2.24, 2.45) is 5.73 Å².